The number of aliphatic hydroxyl groups excluding tert-OH is 1. The van der Waals surface area contributed by atoms with Gasteiger partial charge >= 0.3 is 0 Å². The zero-order chi connectivity index (χ0) is 14.5. The molecular weight excluding hydrogens is 266 g/mol. The van der Waals surface area contributed by atoms with E-state index < -0.39 is 0 Å². The molecule has 2 atom stereocenters. The highest BCUT2D eigenvalue weighted by atomic mass is 16.6. The molecule has 1 heterocycles. The average molecular weight is 291 g/mol. The Bertz CT molecular complexity index is 463. The molecule has 3 rings (SSSR count). The van der Waals surface area contributed by atoms with E-state index in [1.165, 1.54) is 31.2 Å². The minimum Gasteiger partial charge on any atom is -0.486 e. The molecule has 2 aliphatic rings. The van der Waals surface area contributed by atoms with Crippen LogP contribution in [0.25, 0.3) is 0 Å². The summed E-state index contributed by atoms with van der Waals surface area (Å²) in [6, 6.07) is 6.14. The molecule has 0 radical (unpaired) electrons. The van der Waals surface area contributed by atoms with Crippen LogP contribution in [0.4, 0.5) is 0 Å². The second kappa shape index (κ2) is 7.14. The van der Waals surface area contributed by atoms with Crippen molar-refractivity contribution < 1.29 is 14.6 Å². The Morgan fingerprint density at radius 2 is 1.81 bits per heavy atom. The van der Waals surface area contributed by atoms with Crippen molar-refractivity contribution in [2.45, 2.75) is 32.2 Å². The molecule has 2 N–H and O–H groups in total. The normalized spacial score (nSPS) is 24.8. The second-order valence-corrected chi connectivity index (χ2v) is 6.10. The quantitative estimate of drug-likeness (QED) is 0.874. The first-order valence-electron chi connectivity index (χ1n) is 8.07. The van der Waals surface area contributed by atoms with Crippen molar-refractivity contribution >= 4 is 0 Å². The van der Waals surface area contributed by atoms with Gasteiger partial charge in [-0.05, 0) is 48.9 Å². The molecule has 1 saturated carbocycles. The van der Waals surface area contributed by atoms with E-state index in [9.17, 15) is 5.11 Å². The van der Waals surface area contributed by atoms with E-state index in [4.69, 9.17) is 9.47 Å². The van der Waals surface area contributed by atoms with E-state index in [0.717, 1.165) is 24.6 Å². The fourth-order valence-corrected chi connectivity index (χ4v) is 3.39. The summed E-state index contributed by atoms with van der Waals surface area (Å²) in [7, 11) is 0. The molecule has 1 aliphatic carbocycles. The lowest BCUT2D eigenvalue weighted by molar-refractivity contribution is 0.133. The predicted octanol–water partition coefficient (Wildman–Crippen LogP) is 2.35. The SMILES string of the molecule is OCC1CCCCC1CNCc1ccc2c(c1)OCCO2. The first kappa shape index (κ1) is 14.7. The third-order valence-corrected chi connectivity index (χ3v) is 4.64. The van der Waals surface area contributed by atoms with Crippen LogP contribution < -0.4 is 14.8 Å². The van der Waals surface area contributed by atoms with Gasteiger partial charge in [0.25, 0.3) is 0 Å². The monoisotopic (exact) mass is 291 g/mol. The summed E-state index contributed by atoms with van der Waals surface area (Å²) >= 11 is 0. The minimum absolute atomic E-state index is 0.330. The van der Waals surface area contributed by atoms with Gasteiger partial charge in [0.05, 0.1) is 0 Å². The second-order valence-electron chi connectivity index (χ2n) is 6.10. The third kappa shape index (κ3) is 3.69. The van der Waals surface area contributed by atoms with Crippen molar-refractivity contribution in [2.75, 3.05) is 26.4 Å². The van der Waals surface area contributed by atoms with E-state index in [1.807, 2.05) is 6.07 Å². The highest BCUT2D eigenvalue weighted by Gasteiger charge is 2.23. The summed E-state index contributed by atoms with van der Waals surface area (Å²) in [5, 5.41) is 13.0. The van der Waals surface area contributed by atoms with Crippen LogP contribution in [-0.2, 0) is 6.54 Å². The fourth-order valence-electron chi connectivity index (χ4n) is 3.39. The molecule has 0 spiro atoms. The summed E-state index contributed by atoms with van der Waals surface area (Å²) < 4.78 is 11.1. The number of benzene rings is 1. The minimum atomic E-state index is 0.330. The number of rotatable bonds is 5. The van der Waals surface area contributed by atoms with Crippen molar-refractivity contribution in [3.05, 3.63) is 23.8 Å². The molecule has 4 heteroatoms. The Morgan fingerprint density at radius 3 is 2.62 bits per heavy atom. The lowest BCUT2D eigenvalue weighted by Crippen LogP contribution is -2.32. The lowest BCUT2D eigenvalue weighted by Gasteiger charge is -2.30. The van der Waals surface area contributed by atoms with Crippen molar-refractivity contribution in [3.63, 3.8) is 0 Å². The maximum Gasteiger partial charge on any atom is 0.161 e. The maximum atomic E-state index is 9.45. The van der Waals surface area contributed by atoms with Crippen LogP contribution in [0.3, 0.4) is 0 Å². The molecule has 1 fully saturated rings. The summed E-state index contributed by atoms with van der Waals surface area (Å²) in [5.74, 6) is 2.79. The van der Waals surface area contributed by atoms with Crippen LogP contribution in [-0.4, -0.2) is 31.5 Å². The molecule has 1 aromatic carbocycles. The average Bonchev–Trinajstić information content (AvgIpc) is 2.55. The molecule has 2 unspecified atom stereocenters. The highest BCUT2D eigenvalue weighted by molar-refractivity contribution is 5.43. The molecule has 4 nitrogen and oxygen atoms in total. The van der Waals surface area contributed by atoms with Gasteiger partial charge in [-0.2, -0.15) is 0 Å². The van der Waals surface area contributed by atoms with Gasteiger partial charge in [-0.3, -0.25) is 0 Å². The zero-order valence-corrected chi connectivity index (χ0v) is 12.5. The Kier molecular flexibility index (Phi) is 4.99. The molecule has 0 aromatic heterocycles. The Labute approximate surface area is 126 Å². The number of hydrogen-bond donors (Lipinski definition) is 2. The van der Waals surface area contributed by atoms with Crippen molar-refractivity contribution in [3.8, 4) is 11.5 Å². The van der Waals surface area contributed by atoms with Crippen molar-refractivity contribution in [2.24, 2.45) is 11.8 Å². The van der Waals surface area contributed by atoms with Crippen LogP contribution in [0.15, 0.2) is 18.2 Å². The Morgan fingerprint density at radius 1 is 1.05 bits per heavy atom. The highest BCUT2D eigenvalue weighted by Crippen LogP contribution is 2.31. The molecule has 0 bridgehead atoms. The first-order valence-corrected chi connectivity index (χ1v) is 8.07. The van der Waals surface area contributed by atoms with Gasteiger partial charge < -0.3 is 19.9 Å². The molecule has 116 valence electrons. The number of fused-ring (bicyclic) bond motifs is 1. The molecule has 1 aliphatic heterocycles. The molecule has 1 aromatic rings. The van der Waals surface area contributed by atoms with Gasteiger partial charge in [-0.25, -0.2) is 0 Å². The van der Waals surface area contributed by atoms with Crippen LogP contribution >= 0.6 is 0 Å². The lowest BCUT2D eigenvalue weighted by atomic mass is 9.79. The molecule has 0 amide bonds. The van der Waals surface area contributed by atoms with E-state index in [-0.39, 0.29) is 0 Å². The van der Waals surface area contributed by atoms with Crippen LogP contribution in [0, 0.1) is 11.8 Å². The third-order valence-electron chi connectivity index (χ3n) is 4.64. The zero-order valence-electron chi connectivity index (χ0n) is 12.5. The van der Waals surface area contributed by atoms with Crippen molar-refractivity contribution in [1.29, 1.82) is 0 Å². The van der Waals surface area contributed by atoms with E-state index in [0.29, 0.717) is 31.7 Å². The van der Waals surface area contributed by atoms with Crippen molar-refractivity contribution in [1.82, 2.24) is 5.32 Å². The van der Waals surface area contributed by atoms with Crippen LogP contribution in [0.1, 0.15) is 31.2 Å². The largest absolute Gasteiger partial charge is 0.486 e. The number of hydrogen-bond acceptors (Lipinski definition) is 4. The standard InChI is InChI=1S/C17H25NO3/c19-12-15-4-2-1-3-14(15)11-18-10-13-5-6-16-17(9-13)21-8-7-20-16/h5-6,9,14-15,18-19H,1-4,7-8,10-12H2. The summed E-state index contributed by atoms with van der Waals surface area (Å²) in [6.07, 6.45) is 4.98. The van der Waals surface area contributed by atoms with E-state index >= 15 is 0 Å². The van der Waals surface area contributed by atoms with E-state index in [1.54, 1.807) is 0 Å². The van der Waals surface area contributed by atoms with E-state index in [2.05, 4.69) is 17.4 Å². The number of ether oxygens (including phenoxy) is 2. The summed E-state index contributed by atoms with van der Waals surface area (Å²) in [6.45, 7) is 3.42. The first-order chi connectivity index (χ1) is 10.4. The van der Waals surface area contributed by atoms with Gasteiger partial charge in [0.2, 0.25) is 0 Å². The molecule has 0 saturated heterocycles. The van der Waals surface area contributed by atoms with Crippen LogP contribution in [0.5, 0.6) is 11.5 Å². The van der Waals surface area contributed by atoms with Gasteiger partial charge in [0, 0.05) is 13.2 Å². The number of aliphatic hydroxyl groups is 1. The Hall–Kier alpha value is -1.26. The maximum absolute atomic E-state index is 9.45. The van der Waals surface area contributed by atoms with Gasteiger partial charge in [-0.15, -0.1) is 0 Å². The van der Waals surface area contributed by atoms with Crippen LogP contribution in [0.2, 0.25) is 0 Å². The topological polar surface area (TPSA) is 50.7 Å². The number of nitrogens with one attached hydrogen (secondary N) is 1. The summed E-state index contributed by atoms with van der Waals surface area (Å²) in [4.78, 5) is 0. The fraction of sp³-hybridized carbons (Fsp3) is 0.647. The predicted molar refractivity (Wildman–Crippen MR) is 81.7 cm³/mol. The summed E-state index contributed by atoms with van der Waals surface area (Å²) in [5.41, 5.74) is 1.22. The molecule has 21 heavy (non-hydrogen) atoms. The van der Waals surface area contributed by atoms with Gasteiger partial charge in [0.15, 0.2) is 11.5 Å². The Balaban J connectivity index is 1.50. The molecular formula is C17H25NO3. The smallest absolute Gasteiger partial charge is 0.161 e. The van der Waals surface area contributed by atoms with Gasteiger partial charge in [0.1, 0.15) is 13.2 Å². The van der Waals surface area contributed by atoms with Gasteiger partial charge in [-0.1, -0.05) is 18.9 Å².